The van der Waals surface area contributed by atoms with Crippen molar-refractivity contribution in [2.75, 3.05) is 0 Å². The second kappa shape index (κ2) is 10.3. The van der Waals surface area contributed by atoms with Gasteiger partial charge in [-0.1, -0.05) is 72.8 Å². The van der Waals surface area contributed by atoms with Gasteiger partial charge in [0.15, 0.2) is 0 Å². The number of hydrogen-bond acceptors (Lipinski definition) is 4. The predicted octanol–water partition coefficient (Wildman–Crippen LogP) is 7.60. The van der Waals surface area contributed by atoms with Crippen LogP contribution in [-0.4, -0.2) is 20.2 Å². The minimum absolute atomic E-state index is 0.249. The van der Waals surface area contributed by atoms with Crippen molar-refractivity contribution >= 4 is 0 Å². The Hall–Kier alpha value is -5.22. The second-order valence-electron chi connectivity index (χ2n) is 9.41. The van der Waals surface area contributed by atoms with Gasteiger partial charge in [-0.15, -0.1) is 0 Å². The molecule has 2 N–H and O–H groups in total. The minimum Gasteiger partial charge on any atom is -0.508 e. The average molecular weight is 507 g/mol. The third-order valence-corrected chi connectivity index (χ3v) is 7.25. The molecule has 0 unspecified atom stereocenters. The van der Waals surface area contributed by atoms with E-state index in [1.165, 1.54) is 33.4 Å². The first-order valence-electron chi connectivity index (χ1n) is 12.8. The molecule has 0 aliphatic heterocycles. The average Bonchev–Trinajstić information content (AvgIpc) is 3.30. The number of pyridine rings is 2. The number of phenolic OH excluding ortho intramolecular Hbond substituents is 2. The molecule has 0 bridgehead atoms. The molecule has 188 valence electrons. The fourth-order valence-electron chi connectivity index (χ4n) is 5.54. The maximum Gasteiger partial charge on any atom is 0.115 e. The topological polar surface area (TPSA) is 66.2 Å². The monoisotopic (exact) mass is 506 g/mol. The molecule has 39 heavy (non-hydrogen) atoms. The summed E-state index contributed by atoms with van der Waals surface area (Å²) in [7, 11) is 0. The first-order valence-corrected chi connectivity index (χ1v) is 12.8. The summed E-state index contributed by atoms with van der Waals surface area (Å²) >= 11 is 0. The predicted molar refractivity (Wildman–Crippen MR) is 155 cm³/mol. The summed E-state index contributed by atoms with van der Waals surface area (Å²) in [5.41, 5.74) is 8.88. The summed E-state index contributed by atoms with van der Waals surface area (Å²) in [5.74, 6) is 0.498. The fraction of sp³-hybridized carbons (Fsp3) is 0.0286. The number of hydrogen-bond donors (Lipinski definition) is 2. The van der Waals surface area contributed by atoms with Crippen molar-refractivity contribution in [2.45, 2.75) is 5.41 Å². The molecule has 1 aliphatic carbocycles. The van der Waals surface area contributed by atoms with Crippen LogP contribution in [0.5, 0.6) is 11.5 Å². The Morgan fingerprint density at radius 2 is 0.769 bits per heavy atom. The molecule has 0 spiro atoms. The number of phenols is 2. The van der Waals surface area contributed by atoms with Crippen molar-refractivity contribution < 1.29 is 10.2 Å². The molecule has 2 aromatic heterocycles. The Balaban J connectivity index is 0.000000193. The highest BCUT2D eigenvalue weighted by atomic mass is 16.3. The van der Waals surface area contributed by atoms with E-state index < -0.39 is 5.41 Å². The molecule has 0 atom stereocenters. The lowest BCUT2D eigenvalue weighted by Gasteiger charge is -2.33. The normalized spacial score (nSPS) is 12.5. The van der Waals surface area contributed by atoms with Gasteiger partial charge in [0.25, 0.3) is 0 Å². The van der Waals surface area contributed by atoms with E-state index in [0.717, 1.165) is 11.1 Å². The second-order valence-corrected chi connectivity index (χ2v) is 9.41. The summed E-state index contributed by atoms with van der Waals surface area (Å²) in [6.07, 6.45) is 7.15. The van der Waals surface area contributed by atoms with Crippen LogP contribution in [-0.2, 0) is 5.41 Å². The Bertz CT molecular complexity index is 1570. The molecular weight excluding hydrogens is 480 g/mol. The molecule has 2 heterocycles. The number of benzene rings is 4. The number of aromatic hydroxyl groups is 2. The zero-order valence-corrected chi connectivity index (χ0v) is 21.1. The highest BCUT2D eigenvalue weighted by Crippen LogP contribution is 2.56. The summed E-state index contributed by atoms with van der Waals surface area (Å²) in [4.78, 5) is 7.91. The molecule has 0 amide bonds. The Labute approximate surface area is 227 Å². The van der Waals surface area contributed by atoms with Crippen molar-refractivity contribution in [2.24, 2.45) is 0 Å². The third-order valence-electron chi connectivity index (χ3n) is 7.25. The van der Waals surface area contributed by atoms with Gasteiger partial charge in [-0.2, -0.15) is 0 Å². The lowest BCUT2D eigenvalue weighted by molar-refractivity contribution is 0.475. The van der Waals surface area contributed by atoms with Gasteiger partial charge < -0.3 is 10.2 Å². The minimum atomic E-state index is -0.491. The highest BCUT2D eigenvalue weighted by molar-refractivity contribution is 5.86. The SMILES string of the molecule is Oc1ccc(C2(c3ccc(O)cc3)c3ccccc3-c3ccccc32)cc1.c1cc(-c2ccncc2)ccn1. The van der Waals surface area contributed by atoms with Gasteiger partial charge in [0.2, 0.25) is 0 Å². The van der Waals surface area contributed by atoms with Gasteiger partial charge >= 0.3 is 0 Å². The Morgan fingerprint density at radius 3 is 1.15 bits per heavy atom. The number of rotatable bonds is 3. The van der Waals surface area contributed by atoms with Gasteiger partial charge in [0.05, 0.1) is 5.41 Å². The van der Waals surface area contributed by atoms with E-state index >= 15 is 0 Å². The molecular formula is C35H26N2O2. The lowest BCUT2D eigenvalue weighted by atomic mass is 9.68. The molecule has 0 saturated heterocycles. The van der Waals surface area contributed by atoms with E-state index in [2.05, 4.69) is 58.5 Å². The van der Waals surface area contributed by atoms with Crippen LogP contribution < -0.4 is 0 Å². The number of aromatic nitrogens is 2. The van der Waals surface area contributed by atoms with Crippen LogP contribution in [0.2, 0.25) is 0 Å². The molecule has 4 heteroatoms. The largest absolute Gasteiger partial charge is 0.508 e. The molecule has 0 fully saturated rings. The highest BCUT2D eigenvalue weighted by Gasteiger charge is 2.45. The van der Waals surface area contributed by atoms with Crippen molar-refractivity contribution in [3.8, 4) is 33.8 Å². The molecule has 4 aromatic carbocycles. The molecule has 6 aromatic rings. The van der Waals surface area contributed by atoms with Crippen LogP contribution >= 0.6 is 0 Å². The zero-order valence-electron chi connectivity index (χ0n) is 21.1. The van der Waals surface area contributed by atoms with Crippen molar-refractivity contribution in [1.29, 1.82) is 0 Å². The van der Waals surface area contributed by atoms with E-state index in [-0.39, 0.29) is 11.5 Å². The Morgan fingerprint density at radius 1 is 0.410 bits per heavy atom. The van der Waals surface area contributed by atoms with Gasteiger partial charge in [-0.05, 0) is 93.0 Å². The van der Waals surface area contributed by atoms with Gasteiger partial charge in [0, 0.05) is 24.8 Å². The molecule has 1 aliphatic rings. The van der Waals surface area contributed by atoms with Gasteiger partial charge in [0.1, 0.15) is 11.5 Å². The van der Waals surface area contributed by atoms with Gasteiger partial charge in [-0.25, -0.2) is 0 Å². The molecule has 0 saturated carbocycles. The summed E-state index contributed by atoms with van der Waals surface area (Å²) < 4.78 is 0. The Kier molecular flexibility index (Phi) is 6.36. The first kappa shape index (κ1) is 24.1. The van der Waals surface area contributed by atoms with Crippen LogP contribution in [0.15, 0.2) is 146 Å². The summed E-state index contributed by atoms with van der Waals surface area (Å²) in [6, 6.07) is 39.8. The van der Waals surface area contributed by atoms with Crippen LogP contribution in [0.25, 0.3) is 22.3 Å². The van der Waals surface area contributed by atoms with Crippen LogP contribution in [0.3, 0.4) is 0 Å². The number of fused-ring (bicyclic) bond motifs is 3. The summed E-state index contributed by atoms with van der Waals surface area (Å²) in [5, 5.41) is 19.7. The van der Waals surface area contributed by atoms with Crippen molar-refractivity contribution in [3.63, 3.8) is 0 Å². The van der Waals surface area contributed by atoms with Crippen molar-refractivity contribution in [1.82, 2.24) is 9.97 Å². The number of nitrogens with zero attached hydrogens (tertiary/aromatic N) is 2. The lowest BCUT2D eigenvalue weighted by Crippen LogP contribution is -2.28. The quantitative estimate of drug-likeness (QED) is 0.259. The summed E-state index contributed by atoms with van der Waals surface area (Å²) in [6.45, 7) is 0. The maximum absolute atomic E-state index is 9.85. The zero-order chi connectivity index (χ0) is 26.7. The van der Waals surface area contributed by atoms with E-state index in [1.54, 1.807) is 49.1 Å². The maximum atomic E-state index is 9.85. The standard InChI is InChI=1S/C25H18O2.C10H8N2/c26-19-13-9-17(10-14-19)25(18-11-15-20(27)16-12-18)23-7-3-1-5-21(23)22-6-2-4-8-24(22)25;1-5-11-6-2-9(1)10-3-7-12-8-4-10/h1-16,26-27H;1-8H. The van der Waals surface area contributed by atoms with Crippen LogP contribution in [0.4, 0.5) is 0 Å². The van der Waals surface area contributed by atoms with Crippen LogP contribution in [0.1, 0.15) is 22.3 Å². The smallest absolute Gasteiger partial charge is 0.115 e. The first-order chi connectivity index (χ1) is 19.2. The van der Waals surface area contributed by atoms with Gasteiger partial charge in [-0.3, -0.25) is 9.97 Å². The van der Waals surface area contributed by atoms with E-state index in [4.69, 9.17) is 0 Å². The fourth-order valence-corrected chi connectivity index (χ4v) is 5.54. The molecule has 7 rings (SSSR count). The van der Waals surface area contributed by atoms with E-state index in [9.17, 15) is 10.2 Å². The van der Waals surface area contributed by atoms with Crippen LogP contribution in [0, 0.1) is 0 Å². The van der Waals surface area contributed by atoms with E-state index in [0.29, 0.717) is 0 Å². The molecule has 0 radical (unpaired) electrons. The van der Waals surface area contributed by atoms with E-state index in [1.807, 2.05) is 48.5 Å². The molecule has 4 nitrogen and oxygen atoms in total. The third kappa shape index (κ3) is 4.32. The van der Waals surface area contributed by atoms with Crippen molar-refractivity contribution in [3.05, 3.63) is 168 Å².